The van der Waals surface area contributed by atoms with E-state index in [1.807, 2.05) is 0 Å². The molecule has 0 aliphatic heterocycles. The van der Waals surface area contributed by atoms with E-state index in [4.69, 9.17) is 15.2 Å². The predicted molar refractivity (Wildman–Crippen MR) is 61.2 cm³/mol. The maximum atomic E-state index is 12.6. The zero-order valence-electron chi connectivity index (χ0n) is 10.1. The topological polar surface area (TPSA) is 78.6 Å². The summed E-state index contributed by atoms with van der Waals surface area (Å²) in [5, 5.41) is 0. The van der Waals surface area contributed by atoms with Crippen LogP contribution in [0.15, 0.2) is 24.3 Å². The Hall–Kier alpha value is -2.11. The van der Waals surface area contributed by atoms with Crippen LogP contribution >= 0.6 is 0 Å². The predicted octanol–water partition coefficient (Wildman–Crippen LogP) is 1.01. The molecule has 0 aliphatic carbocycles. The number of hydrogen-bond donors (Lipinski definition) is 1. The standard InChI is InChI=1S/C12H14FNO4/c1-7(11(14)15)18-12(16)8(2)17-10-5-3-9(13)4-6-10/h3-8H,1-2H3,(H2,14,15)/t7-,8+/m0/s1. The SMILES string of the molecule is C[C@H](OC(=O)[C@@H](C)Oc1ccc(F)cc1)C(N)=O. The molecule has 0 saturated heterocycles. The molecule has 0 aromatic heterocycles. The molecule has 1 aromatic rings. The third kappa shape index (κ3) is 4.04. The summed E-state index contributed by atoms with van der Waals surface area (Å²) < 4.78 is 22.6. The average Bonchev–Trinajstić information content (AvgIpc) is 2.31. The lowest BCUT2D eigenvalue weighted by Crippen LogP contribution is -2.35. The fourth-order valence-corrected chi connectivity index (χ4v) is 1.09. The highest BCUT2D eigenvalue weighted by Crippen LogP contribution is 2.13. The lowest BCUT2D eigenvalue weighted by molar-refractivity contribution is -0.159. The Bertz CT molecular complexity index is 432. The van der Waals surface area contributed by atoms with Crippen molar-refractivity contribution in [1.29, 1.82) is 0 Å². The number of hydrogen-bond acceptors (Lipinski definition) is 4. The molecule has 0 radical (unpaired) electrons. The van der Waals surface area contributed by atoms with Crippen LogP contribution < -0.4 is 10.5 Å². The highest BCUT2D eigenvalue weighted by atomic mass is 19.1. The van der Waals surface area contributed by atoms with Crippen molar-refractivity contribution in [3.63, 3.8) is 0 Å². The Labute approximate surface area is 104 Å². The molecule has 0 bridgehead atoms. The summed E-state index contributed by atoms with van der Waals surface area (Å²) in [5.74, 6) is -1.53. The molecule has 2 N–H and O–H groups in total. The van der Waals surface area contributed by atoms with Crippen LogP contribution in [0.5, 0.6) is 5.75 Å². The third-order valence-corrected chi connectivity index (χ3v) is 2.15. The van der Waals surface area contributed by atoms with Crippen LogP contribution in [-0.4, -0.2) is 24.1 Å². The molecule has 0 saturated carbocycles. The maximum absolute atomic E-state index is 12.6. The van der Waals surface area contributed by atoms with Gasteiger partial charge in [0.25, 0.3) is 5.91 Å². The van der Waals surface area contributed by atoms with Crippen LogP contribution in [0.2, 0.25) is 0 Å². The number of rotatable bonds is 5. The van der Waals surface area contributed by atoms with Gasteiger partial charge in [-0.25, -0.2) is 9.18 Å². The fraction of sp³-hybridized carbons (Fsp3) is 0.333. The number of nitrogens with two attached hydrogens (primary N) is 1. The van der Waals surface area contributed by atoms with E-state index in [1.54, 1.807) is 0 Å². The number of esters is 1. The zero-order chi connectivity index (χ0) is 13.7. The second-order valence-electron chi connectivity index (χ2n) is 3.70. The number of carbonyl (C=O) groups is 2. The van der Waals surface area contributed by atoms with Crippen LogP contribution in [-0.2, 0) is 14.3 Å². The highest BCUT2D eigenvalue weighted by Gasteiger charge is 2.21. The van der Waals surface area contributed by atoms with Gasteiger partial charge in [0.15, 0.2) is 12.2 Å². The van der Waals surface area contributed by atoms with E-state index in [1.165, 1.54) is 38.1 Å². The number of halogens is 1. The zero-order valence-corrected chi connectivity index (χ0v) is 10.1. The fourth-order valence-electron chi connectivity index (χ4n) is 1.09. The molecular formula is C12H14FNO4. The molecule has 1 amide bonds. The molecule has 0 spiro atoms. The number of primary amides is 1. The van der Waals surface area contributed by atoms with E-state index in [0.717, 1.165) is 0 Å². The van der Waals surface area contributed by atoms with Crippen molar-refractivity contribution < 1.29 is 23.5 Å². The van der Waals surface area contributed by atoms with Gasteiger partial charge in [0.2, 0.25) is 0 Å². The third-order valence-electron chi connectivity index (χ3n) is 2.15. The van der Waals surface area contributed by atoms with E-state index in [0.29, 0.717) is 5.75 Å². The van der Waals surface area contributed by atoms with Gasteiger partial charge in [-0.05, 0) is 38.1 Å². The monoisotopic (exact) mass is 255 g/mol. The first-order chi connectivity index (χ1) is 8.40. The normalized spacial score (nSPS) is 13.5. The van der Waals surface area contributed by atoms with Gasteiger partial charge < -0.3 is 15.2 Å². The summed E-state index contributed by atoms with van der Waals surface area (Å²) in [7, 11) is 0. The van der Waals surface area contributed by atoms with Gasteiger partial charge in [-0.15, -0.1) is 0 Å². The molecule has 2 atom stereocenters. The Morgan fingerprint density at radius 1 is 1.17 bits per heavy atom. The van der Waals surface area contributed by atoms with Crippen LogP contribution in [0, 0.1) is 5.82 Å². The summed E-state index contributed by atoms with van der Waals surface area (Å²) in [4.78, 5) is 22.2. The van der Waals surface area contributed by atoms with E-state index in [-0.39, 0.29) is 0 Å². The molecule has 0 fully saturated rings. The van der Waals surface area contributed by atoms with E-state index in [2.05, 4.69) is 0 Å². The van der Waals surface area contributed by atoms with Gasteiger partial charge >= 0.3 is 5.97 Å². The Morgan fingerprint density at radius 3 is 2.22 bits per heavy atom. The van der Waals surface area contributed by atoms with Gasteiger partial charge in [-0.1, -0.05) is 0 Å². The number of amides is 1. The van der Waals surface area contributed by atoms with Crippen molar-refractivity contribution >= 4 is 11.9 Å². The molecular weight excluding hydrogens is 241 g/mol. The first-order valence-corrected chi connectivity index (χ1v) is 5.32. The van der Waals surface area contributed by atoms with Crippen molar-refractivity contribution in [2.45, 2.75) is 26.1 Å². The Morgan fingerprint density at radius 2 is 1.72 bits per heavy atom. The van der Waals surface area contributed by atoms with E-state index < -0.39 is 29.9 Å². The summed E-state index contributed by atoms with van der Waals surface area (Å²) in [5.41, 5.74) is 4.95. The van der Waals surface area contributed by atoms with Crippen molar-refractivity contribution in [3.8, 4) is 5.75 Å². The lowest BCUT2D eigenvalue weighted by Gasteiger charge is -2.16. The highest BCUT2D eigenvalue weighted by molar-refractivity contribution is 5.83. The number of carbonyl (C=O) groups excluding carboxylic acids is 2. The molecule has 1 rings (SSSR count). The first-order valence-electron chi connectivity index (χ1n) is 5.32. The molecule has 5 nitrogen and oxygen atoms in total. The number of ether oxygens (including phenoxy) is 2. The molecule has 6 heteroatoms. The maximum Gasteiger partial charge on any atom is 0.347 e. The smallest absolute Gasteiger partial charge is 0.347 e. The molecule has 18 heavy (non-hydrogen) atoms. The van der Waals surface area contributed by atoms with Crippen LogP contribution in [0.3, 0.4) is 0 Å². The van der Waals surface area contributed by atoms with Crippen LogP contribution in [0.25, 0.3) is 0 Å². The molecule has 0 unspecified atom stereocenters. The average molecular weight is 255 g/mol. The van der Waals surface area contributed by atoms with Gasteiger partial charge in [0.1, 0.15) is 11.6 Å². The Balaban J connectivity index is 2.54. The van der Waals surface area contributed by atoms with Gasteiger partial charge in [-0.2, -0.15) is 0 Å². The van der Waals surface area contributed by atoms with Crippen molar-refractivity contribution in [3.05, 3.63) is 30.1 Å². The van der Waals surface area contributed by atoms with Gasteiger partial charge in [0.05, 0.1) is 0 Å². The summed E-state index contributed by atoms with van der Waals surface area (Å²) in [6, 6.07) is 5.19. The van der Waals surface area contributed by atoms with Crippen molar-refractivity contribution in [1.82, 2.24) is 0 Å². The largest absolute Gasteiger partial charge is 0.479 e. The lowest BCUT2D eigenvalue weighted by atomic mass is 10.3. The van der Waals surface area contributed by atoms with E-state index >= 15 is 0 Å². The van der Waals surface area contributed by atoms with Crippen molar-refractivity contribution in [2.75, 3.05) is 0 Å². The van der Waals surface area contributed by atoms with E-state index in [9.17, 15) is 14.0 Å². The minimum absolute atomic E-state index is 0.326. The second kappa shape index (κ2) is 6.00. The quantitative estimate of drug-likeness (QED) is 0.796. The summed E-state index contributed by atoms with van der Waals surface area (Å²) in [6.07, 6.45) is -1.94. The molecule has 0 heterocycles. The van der Waals surface area contributed by atoms with Crippen molar-refractivity contribution in [2.24, 2.45) is 5.73 Å². The van der Waals surface area contributed by atoms with Gasteiger partial charge in [-0.3, -0.25) is 4.79 Å². The summed E-state index contributed by atoms with van der Waals surface area (Å²) in [6.45, 7) is 2.82. The van der Waals surface area contributed by atoms with Crippen LogP contribution in [0.4, 0.5) is 4.39 Å². The summed E-state index contributed by atoms with van der Waals surface area (Å²) >= 11 is 0. The molecule has 1 aromatic carbocycles. The Kier molecular flexibility index (Phi) is 4.65. The first kappa shape index (κ1) is 14.0. The second-order valence-corrected chi connectivity index (χ2v) is 3.70. The molecule has 98 valence electrons. The minimum atomic E-state index is -1.02. The van der Waals surface area contributed by atoms with Gasteiger partial charge in [0, 0.05) is 0 Å². The molecule has 0 aliphatic rings. The minimum Gasteiger partial charge on any atom is -0.479 e. The number of benzene rings is 1. The van der Waals surface area contributed by atoms with Crippen LogP contribution in [0.1, 0.15) is 13.8 Å².